The van der Waals surface area contributed by atoms with Crippen LogP contribution in [0.1, 0.15) is 0 Å². The van der Waals surface area contributed by atoms with Crippen LogP contribution in [0.25, 0.3) is 17.1 Å². The topological polar surface area (TPSA) is 56.7 Å². The van der Waals surface area contributed by atoms with Crippen LogP contribution in [0.4, 0.5) is 5.69 Å². The Morgan fingerprint density at radius 3 is 2.56 bits per heavy atom. The van der Waals surface area contributed by atoms with Gasteiger partial charge in [0.2, 0.25) is 0 Å². The number of aromatic nitrogens is 3. The highest BCUT2D eigenvalue weighted by atomic mass is 15.3. The van der Waals surface area contributed by atoms with Crippen molar-refractivity contribution in [2.45, 2.75) is 0 Å². The smallest absolute Gasteiger partial charge is 0.168 e. The zero-order valence-electron chi connectivity index (χ0n) is 9.69. The highest BCUT2D eigenvalue weighted by molar-refractivity contribution is 5.62. The Kier molecular flexibility index (Phi) is 2.53. The van der Waals surface area contributed by atoms with Gasteiger partial charge in [0.25, 0.3) is 0 Å². The lowest BCUT2D eigenvalue weighted by Gasteiger charge is -2.06. The van der Waals surface area contributed by atoms with E-state index in [2.05, 4.69) is 10.2 Å². The van der Waals surface area contributed by atoms with E-state index in [1.165, 1.54) is 0 Å². The number of para-hydroxylation sites is 1. The molecular weight excluding hydrogens is 224 g/mol. The maximum absolute atomic E-state index is 5.80. The first-order chi connectivity index (χ1) is 8.84. The third kappa shape index (κ3) is 1.84. The Bertz CT molecular complexity index is 658. The van der Waals surface area contributed by atoms with Crippen LogP contribution in [0.2, 0.25) is 0 Å². The third-order valence-corrected chi connectivity index (χ3v) is 2.73. The molecular formula is C14H12N4. The van der Waals surface area contributed by atoms with Crippen molar-refractivity contribution in [3.8, 4) is 17.1 Å². The maximum Gasteiger partial charge on any atom is 0.168 e. The minimum Gasteiger partial charge on any atom is -0.399 e. The lowest BCUT2D eigenvalue weighted by Crippen LogP contribution is -1.96. The number of hydrogen-bond acceptors (Lipinski definition) is 3. The minimum atomic E-state index is 0.718. The molecule has 0 amide bonds. The molecule has 0 fully saturated rings. The Hall–Kier alpha value is -2.62. The highest BCUT2D eigenvalue weighted by Crippen LogP contribution is 2.21. The first kappa shape index (κ1) is 10.5. The summed E-state index contributed by atoms with van der Waals surface area (Å²) in [6.45, 7) is 0. The van der Waals surface area contributed by atoms with E-state index in [1.54, 1.807) is 6.33 Å². The van der Waals surface area contributed by atoms with Gasteiger partial charge in [-0.25, -0.2) is 0 Å². The van der Waals surface area contributed by atoms with Gasteiger partial charge in [-0.15, -0.1) is 10.2 Å². The first-order valence-corrected chi connectivity index (χ1v) is 5.66. The molecule has 0 radical (unpaired) electrons. The van der Waals surface area contributed by atoms with Gasteiger partial charge >= 0.3 is 0 Å². The van der Waals surface area contributed by atoms with E-state index in [0.717, 1.165) is 22.8 Å². The molecule has 2 aromatic carbocycles. The molecule has 0 spiro atoms. The lowest BCUT2D eigenvalue weighted by molar-refractivity contribution is 1.06. The lowest BCUT2D eigenvalue weighted by atomic mass is 10.2. The molecule has 0 aliphatic carbocycles. The van der Waals surface area contributed by atoms with Crippen LogP contribution in [0.5, 0.6) is 0 Å². The number of nitrogens with zero attached hydrogens (tertiary/aromatic N) is 3. The van der Waals surface area contributed by atoms with Crippen molar-refractivity contribution in [3.63, 3.8) is 0 Å². The van der Waals surface area contributed by atoms with Crippen LogP contribution in [0.15, 0.2) is 60.9 Å². The zero-order chi connectivity index (χ0) is 12.4. The molecule has 0 saturated heterocycles. The number of anilines is 1. The molecule has 1 aromatic heterocycles. The molecule has 0 aliphatic rings. The summed E-state index contributed by atoms with van der Waals surface area (Å²) in [6.07, 6.45) is 1.70. The van der Waals surface area contributed by atoms with E-state index in [0.29, 0.717) is 0 Å². The standard InChI is InChI=1S/C14H12N4/c15-12-6-4-5-11(9-12)14-17-16-10-18(14)13-7-2-1-3-8-13/h1-10H,15H2. The fraction of sp³-hybridized carbons (Fsp3) is 0. The van der Waals surface area contributed by atoms with Crippen molar-refractivity contribution in [2.75, 3.05) is 5.73 Å². The van der Waals surface area contributed by atoms with E-state index in [1.807, 2.05) is 59.2 Å². The summed E-state index contributed by atoms with van der Waals surface area (Å²) < 4.78 is 1.94. The van der Waals surface area contributed by atoms with Crippen molar-refractivity contribution in [3.05, 3.63) is 60.9 Å². The van der Waals surface area contributed by atoms with Crippen molar-refractivity contribution in [2.24, 2.45) is 0 Å². The van der Waals surface area contributed by atoms with Gasteiger partial charge in [-0.1, -0.05) is 30.3 Å². The molecule has 3 aromatic rings. The Morgan fingerprint density at radius 1 is 0.944 bits per heavy atom. The number of nitrogens with two attached hydrogens (primary N) is 1. The normalized spacial score (nSPS) is 10.4. The van der Waals surface area contributed by atoms with Crippen LogP contribution in [0, 0.1) is 0 Å². The van der Waals surface area contributed by atoms with Gasteiger partial charge in [0, 0.05) is 16.9 Å². The van der Waals surface area contributed by atoms with Crippen LogP contribution >= 0.6 is 0 Å². The quantitative estimate of drug-likeness (QED) is 0.695. The highest BCUT2D eigenvalue weighted by Gasteiger charge is 2.08. The molecule has 0 aliphatic heterocycles. The van der Waals surface area contributed by atoms with Crippen molar-refractivity contribution >= 4 is 5.69 Å². The largest absolute Gasteiger partial charge is 0.399 e. The van der Waals surface area contributed by atoms with E-state index in [9.17, 15) is 0 Å². The fourth-order valence-corrected chi connectivity index (χ4v) is 1.89. The number of nitrogen functional groups attached to an aromatic ring is 1. The van der Waals surface area contributed by atoms with Crippen LogP contribution in [-0.2, 0) is 0 Å². The summed E-state index contributed by atoms with van der Waals surface area (Å²) in [5, 5.41) is 8.14. The van der Waals surface area contributed by atoms with Crippen LogP contribution in [-0.4, -0.2) is 14.8 Å². The van der Waals surface area contributed by atoms with Gasteiger partial charge in [0.15, 0.2) is 5.82 Å². The molecule has 0 atom stereocenters. The van der Waals surface area contributed by atoms with E-state index in [4.69, 9.17) is 5.73 Å². The summed E-state index contributed by atoms with van der Waals surface area (Å²) in [6, 6.07) is 17.6. The second-order valence-corrected chi connectivity index (χ2v) is 3.99. The molecule has 3 rings (SSSR count). The number of rotatable bonds is 2. The van der Waals surface area contributed by atoms with Gasteiger partial charge in [-0.2, -0.15) is 0 Å². The second-order valence-electron chi connectivity index (χ2n) is 3.99. The summed E-state index contributed by atoms with van der Waals surface area (Å²) >= 11 is 0. The van der Waals surface area contributed by atoms with Crippen LogP contribution in [0.3, 0.4) is 0 Å². The average molecular weight is 236 g/mol. The van der Waals surface area contributed by atoms with Crippen LogP contribution < -0.4 is 5.73 Å². The average Bonchev–Trinajstić information content (AvgIpc) is 2.89. The maximum atomic E-state index is 5.80. The number of benzene rings is 2. The molecule has 18 heavy (non-hydrogen) atoms. The molecule has 1 heterocycles. The minimum absolute atomic E-state index is 0.718. The van der Waals surface area contributed by atoms with E-state index < -0.39 is 0 Å². The summed E-state index contributed by atoms with van der Waals surface area (Å²) in [7, 11) is 0. The molecule has 0 bridgehead atoms. The predicted octanol–water partition coefficient (Wildman–Crippen LogP) is 2.52. The summed E-state index contributed by atoms with van der Waals surface area (Å²) in [4.78, 5) is 0. The van der Waals surface area contributed by atoms with Gasteiger partial charge in [0.05, 0.1) is 0 Å². The molecule has 2 N–H and O–H groups in total. The monoisotopic (exact) mass is 236 g/mol. The Labute approximate surface area is 105 Å². The van der Waals surface area contributed by atoms with E-state index >= 15 is 0 Å². The SMILES string of the molecule is Nc1cccc(-c2nncn2-c2ccccc2)c1. The van der Waals surface area contributed by atoms with Crippen molar-refractivity contribution in [1.29, 1.82) is 0 Å². The summed E-state index contributed by atoms with van der Waals surface area (Å²) in [5.41, 5.74) is 8.50. The summed E-state index contributed by atoms with van der Waals surface area (Å²) in [5.74, 6) is 0.786. The molecule has 0 unspecified atom stereocenters. The Morgan fingerprint density at radius 2 is 1.78 bits per heavy atom. The van der Waals surface area contributed by atoms with Gasteiger partial charge < -0.3 is 5.73 Å². The van der Waals surface area contributed by atoms with Gasteiger partial charge in [-0.3, -0.25) is 4.57 Å². The fourth-order valence-electron chi connectivity index (χ4n) is 1.89. The van der Waals surface area contributed by atoms with Crippen molar-refractivity contribution in [1.82, 2.24) is 14.8 Å². The molecule has 4 nitrogen and oxygen atoms in total. The van der Waals surface area contributed by atoms with Gasteiger partial charge in [-0.05, 0) is 24.3 Å². The van der Waals surface area contributed by atoms with Crippen molar-refractivity contribution < 1.29 is 0 Å². The molecule has 4 heteroatoms. The second kappa shape index (κ2) is 4.33. The third-order valence-electron chi connectivity index (χ3n) is 2.73. The number of hydrogen-bond donors (Lipinski definition) is 1. The Balaban J connectivity index is 2.13. The zero-order valence-corrected chi connectivity index (χ0v) is 9.69. The van der Waals surface area contributed by atoms with Gasteiger partial charge in [0.1, 0.15) is 6.33 Å². The molecule has 88 valence electrons. The first-order valence-electron chi connectivity index (χ1n) is 5.66. The van der Waals surface area contributed by atoms with E-state index in [-0.39, 0.29) is 0 Å². The molecule has 0 saturated carbocycles. The predicted molar refractivity (Wildman–Crippen MR) is 71.2 cm³/mol.